The number of nitrogens with two attached hydrogens (primary N) is 1. The van der Waals surface area contributed by atoms with Crippen molar-refractivity contribution >= 4 is 0 Å². The Bertz CT molecular complexity index is 890. The molecule has 6 nitrogen and oxygen atoms in total. The van der Waals surface area contributed by atoms with Gasteiger partial charge in [-0.05, 0) is 29.8 Å². The third-order valence-corrected chi connectivity index (χ3v) is 4.45. The van der Waals surface area contributed by atoms with Gasteiger partial charge in [0.25, 0.3) is 0 Å². The average Bonchev–Trinajstić information content (AvgIpc) is 3.19. The maximum atomic E-state index is 6.40. The van der Waals surface area contributed by atoms with Gasteiger partial charge in [0, 0.05) is 23.7 Å². The number of aromatic nitrogens is 3. The van der Waals surface area contributed by atoms with Crippen LogP contribution in [0.15, 0.2) is 36.5 Å². The first-order chi connectivity index (χ1) is 11.7. The van der Waals surface area contributed by atoms with Crippen LogP contribution in [-0.4, -0.2) is 29.4 Å². The summed E-state index contributed by atoms with van der Waals surface area (Å²) >= 11 is 0. The summed E-state index contributed by atoms with van der Waals surface area (Å²) in [5.41, 5.74) is 12.4. The molecule has 6 heteroatoms. The SMILES string of the molecule is COc1cc2c(cc1OC)-c1n[nH]c(C(N)c3ccccn3)c1C2. The molecule has 0 spiro atoms. The number of pyridine rings is 1. The predicted molar refractivity (Wildman–Crippen MR) is 90.2 cm³/mol. The maximum absolute atomic E-state index is 6.40. The standard InChI is InChI=1S/C18H18N4O2/c1-23-14-8-10-7-12-17(11(10)9-15(14)24-2)21-22-18(12)16(19)13-5-3-4-6-20-13/h3-6,8-9,16H,7,19H2,1-2H3,(H,21,22). The normalized spacial score (nSPS) is 13.3. The van der Waals surface area contributed by atoms with E-state index in [1.165, 1.54) is 0 Å². The van der Waals surface area contributed by atoms with E-state index in [9.17, 15) is 0 Å². The van der Waals surface area contributed by atoms with Gasteiger partial charge in [0.05, 0.1) is 37.3 Å². The lowest BCUT2D eigenvalue weighted by Crippen LogP contribution is -2.15. The zero-order chi connectivity index (χ0) is 16.7. The molecule has 2 aromatic heterocycles. The molecule has 3 N–H and O–H groups in total. The van der Waals surface area contributed by atoms with Crippen LogP contribution in [0.2, 0.25) is 0 Å². The highest BCUT2D eigenvalue weighted by Gasteiger charge is 2.29. The molecule has 0 saturated carbocycles. The highest BCUT2D eigenvalue weighted by molar-refractivity contribution is 5.77. The monoisotopic (exact) mass is 322 g/mol. The van der Waals surface area contributed by atoms with Crippen LogP contribution < -0.4 is 15.2 Å². The van der Waals surface area contributed by atoms with Crippen LogP contribution in [0.5, 0.6) is 11.5 Å². The maximum Gasteiger partial charge on any atom is 0.161 e. The minimum atomic E-state index is -0.333. The zero-order valence-corrected chi connectivity index (χ0v) is 13.5. The molecule has 0 saturated heterocycles. The Labute approximate surface area is 139 Å². The van der Waals surface area contributed by atoms with Crippen molar-refractivity contribution in [2.24, 2.45) is 5.73 Å². The van der Waals surface area contributed by atoms with Gasteiger partial charge >= 0.3 is 0 Å². The number of H-pyrrole nitrogens is 1. The van der Waals surface area contributed by atoms with Gasteiger partial charge in [-0.1, -0.05) is 6.07 Å². The molecule has 0 amide bonds. The van der Waals surface area contributed by atoms with Crippen molar-refractivity contribution in [2.75, 3.05) is 14.2 Å². The number of fused-ring (bicyclic) bond motifs is 3. The van der Waals surface area contributed by atoms with Crippen molar-refractivity contribution in [3.63, 3.8) is 0 Å². The van der Waals surface area contributed by atoms with Gasteiger partial charge in [-0.3, -0.25) is 10.1 Å². The summed E-state index contributed by atoms with van der Waals surface area (Å²) in [6, 6.07) is 9.38. The first-order valence-electron chi connectivity index (χ1n) is 7.71. The number of hydrogen-bond donors (Lipinski definition) is 2. The van der Waals surface area contributed by atoms with E-state index in [2.05, 4.69) is 15.2 Å². The topological polar surface area (TPSA) is 86.0 Å². The number of hydrogen-bond acceptors (Lipinski definition) is 5. The Morgan fingerprint density at radius 1 is 1.17 bits per heavy atom. The predicted octanol–water partition coefficient (Wildman–Crippen LogP) is 2.44. The summed E-state index contributed by atoms with van der Waals surface area (Å²) in [5.74, 6) is 1.42. The van der Waals surface area contributed by atoms with E-state index in [0.29, 0.717) is 5.75 Å². The van der Waals surface area contributed by atoms with Gasteiger partial charge < -0.3 is 15.2 Å². The van der Waals surface area contributed by atoms with Crippen LogP contribution in [0.1, 0.15) is 28.6 Å². The first kappa shape index (κ1) is 14.7. The van der Waals surface area contributed by atoms with Crippen molar-refractivity contribution < 1.29 is 9.47 Å². The zero-order valence-electron chi connectivity index (χ0n) is 13.5. The molecular weight excluding hydrogens is 304 g/mol. The fraction of sp³-hybridized carbons (Fsp3) is 0.222. The van der Waals surface area contributed by atoms with E-state index in [-0.39, 0.29) is 6.04 Å². The van der Waals surface area contributed by atoms with E-state index < -0.39 is 0 Å². The third kappa shape index (κ3) is 2.15. The highest BCUT2D eigenvalue weighted by atomic mass is 16.5. The third-order valence-electron chi connectivity index (χ3n) is 4.45. The second-order valence-corrected chi connectivity index (χ2v) is 5.74. The molecule has 3 aromatic rings. The Morgan fingerprint density at radius 3 is 2.67 bits per heavy atom. The van der Waals surface area contributed by atoms with Gasteiger partial charge in [-0.25, -0.2) is 0 Å². The van der Waals surface area contributed by atoms with Crippen molar-refractivity contribution in [1.29, 1.82) is 0 Å². The number of methoxy groups -OCH3 is 2. The highest BCUT2D eigenvalue weighted by Crippen LogP contribution is 2.43. The van der Waals surface area contributed by atoms with Gasteiger partial charge in [-0.15, -0.1) is 0 Å². The van der Waals surface area contributed by atoms with Gasteiger partial charge in [0.2, 0.25) is 0 Å². The molecule has 24 heavy (non-hydrogen) atoms. The van der Waals surface area contributed by atoms with E-state index >= 15 is 0 Å². The fourth-order valence-electron chi connectivity index (χ4n) is 3.22. The van der Waals surface area contributed by atoms with Crippen molar-refractivity contribution in [3.8, 4) is 22.8 Å². The van der Waals surface area contributed by atoms with Gasteiger partial charge in [0.15, 0.2) is 11.5 Å². The summed E-state index contributed by atoms with van der Waals surface area (Å²) in [7, 11) is 3.27. The molecule has 1 aliphatic carbocycles. The summed E-state index contributed by atoms with van der Waals surface area (Å²) in [6.45, 7) is 0. The Morgan fingerprint density at radius 2 is 1.96 bits per heavy atom. The van der Waals surface area contributed by atoms with E-state index in [1.54, 1.807) is 20.4 Å². The van der Waals surface area contributed by atoms with Crippen molar-refractivity contribution in [2.45, 2.75) is 12.5 Å². The smallest absolute Gasteiger partial charge is 0.161 e. The van der Waals surface area contributed by atoms with Gasteiger partial charge in [-0.2, -0.15) is 5.10 Å². The molecule has 4 rings (SSSR count). The number of nitrogens with zero attached hydrogens (tertiary/aromatic N) is 2. The molecule has 1 atom stereocenters. The Kier molecular flexibility index (Phi) is 3.46. The van der Waals surface area contributed by atoms with Crippen LogP contribution in [0.3, 0.4) is 0 Å². The molecule has 0 bridgehead atoms. The van der Waals surface area contributed by atoms with E-state index in [1.807, 2.05) is 30.3 Å². The molecule has 1 aliphatic rings. The number of rotatable bonds is 4. The number of ether oxygens (including phenoxy) is 2. The van der Waals surface area contributed by atoms with Gasteiger partial charge in [0.1, 0.15) is 0 Å². The van der Waals surface area contributed by atoms with E-state index in [4.69, 9.17) is 15.2 Å². The Hall–Kier alpha value is -2.86. The molecular formula is C18H18N4O2. The lowest BCUT2D eigenvalue weighted by atomic mass is 10.0. The summed E-state index contributed by atoms with van der Waals surface area (Å²) in [5, 5.41) is 7.58. The number of nitrogens with one attached hydrogen (secondary N) is 1. The number of benzene rings is 1. The van der Waals surface area contributed by atoms with Crippen LogP contribution >= 0.6 is 0 Å². The van der Waals surface area contributed by atoms with Crippen molar-refractivity contribution in [3.05, 3.63) is 59.0 Å². The van der Waals surface area contributed by atoms with Crippen molar-refractivity contribution in [1.82, 2.24) is 15.2 Å². The van der Waals surface area contributed by atoms with Crippen LogP contribution in [0.4, 0.5) is 0 Å². The van der Waals surface area contributed by atoms with Crippen LogP contribution in [-0.2, 0) is 6.42 Å². The fourth-order valence-corrected chi connectivity index (χ4v) is 3.22. The second-order valence-electron chi connectivity index (χ2n) is 5.74. The summed E-state index contributed by atoms with van der Waals surface area (Å²) in [4.78, 5) is 4.35. The Balaban J connectivity index is 1.77. The molecule has 122 valence electrons. The molecule has 1 aromatic carbocycles. The lowest BCUT2D eigenvalue weighted by molar-refractivity contribution is 0.355. The lowest BCUT2D eigenvalue weighted by Gasteiger charge is -2.11. The minimum absolute atomic E-state index is 0.333. The molecule has 0 aliphatic heterocycles. The van der Waals surface area contributed by atoms with E-state index in [0.717, 1.165) is 45.9 Å². The van der Waals surface area contributed by atoms with Crippen LogP contribution in [0, 0.1) is 0 Å². The second kappa shape index (κ2) is 5.65. The molecule has 0 fully saturated rings. The number of aromatic amines is 1. The average molecular weight is 322 g/mol. The minimum Gasteiger partial charge on any atom is -0.493 e. The first-order valence-corrected chi connectivity index (χ1v) is 7.71. The quantitative estimate of drug-likeness (QED) is 0.603. The largest absolute Gasteiger partial charge is 0.493 e. The summed E-state index contributed by atoms with van der Waals surface area (Å²) in [6.07, 6.45) is 2.51. The molecule has 2 heterocycles. The summed E-state index contributed by atoms with van der Waals surface area (Å²) < 4.78 is 10.8. The molecule has 0 radical (unpaired) electrons. The molecule has 1 unspecified atom stereocenters. The van der Waals surface area contributed by atoms with Crippen LogP contribution in [0.25, 0.3) is 11.3 Å².